The van der Waals surface area contributed by atoms with E-state index in [1.54, 1.807) is 30.3 Å². The Bertz CT molecular complexity index is 1330. The Kier molecular flexibility index (Phi) is 8.81. The Labute approximate surface area is 215 Å². The van der Waals surface area contributed by atoms with Crippen molar-refractivity contribution in [3.05, 3.63) is 92.0 Å². The molecule has 0 aliphatic rings. The standard InChI is InChI=1S/C28H26Cl2N2O3/c1-5-34-26-13-21(11-22(15-31)28(33)32-23-9-7-18(3)24(29)14-23)12-25(30)27(26)35-16-20-8-6-17(2)19(4)10-20/h6-14H,5,16H2,1-4H3,(H,32,33)/b22-11+. The summed E-state index contributed by atoms with van der Waals surface area (Å²) in [5, 5.41) is 13.1. The number of rotatable bonds is 8. The number of amides is 1. The van der Waals surface area contributed by atoms with Crippen LogP contribution in [0.3, 0.4) is 0 Å². The molecule has 1 amide bonds. The number of carbonyl (C=O) groups excluding carboxylic acids is 1. The minimum Gasteiger partial charge on any atom is -0.490 e. The second kappa shape index (κ2) is 11.8. The van der Waals surface area contributed by atoms with Crippen LogP contribution in [0.25, 0.3) is 6.08 Å². The Hall–Kier alpha value is -3.46. The highest BCUT2D eigenvalue weighted by atomic mass is 35.5. The lowest BCUT2D eigenvalue weighted by molar-refractivity contribution is -0.112. The monoisotopic (exact) mass is 508 g/mol. The van der Waals surface area contributed by atoms with Gasteiger partial charge in [0.05, 0.1) is 11.6 Å². The lowest BCUT2D eigenvalue weighted by Gasteiger charge is -2.15. The number of halogens is 2. The lowest BCUT2D eigenvalue weighted by Crippen LogP contribution is -2.13. The molecule has 180 valence electrons. The van der Waals surface area contributed by atoms with E-state index in [9.17, 15) is 10.1 Å². The van der Waals surface area contributed by atoms with Gasteiger partial charge in [0.2, 0.25) is 0 Å². The summed E-state index contributed by atoms with van der Waals surface area (Å²) in [5.74, 6) is 0.274. The Morgan fingerprint density at radius 1 is 0.971 bits per heavy atom. The summed E-state index contributed by atoms with van der Waals surface area (Å²) >= 11 is 12.7. The van der Waals surface area contributed by atoms with Gasteiger partial charge in [0.1, 0.15) is 18.2 Å². The summed E-state index contributed by atoms with van der Waals surface area (Å²) in [7, 11) is 0. The van der Waals surface area contributed by atoms with E-state index in [1.165, 1.54) is 17.2 Å². The van der Waals surface area contributed by atoms with Crippen LogP contribution in [0.4, 0.5) is 5.69 Å². The Morgan fingerprint density at radius 3 is 2.37 bits per heavy atom. The van der Waals surface area contributed by atoms with Crippen molar-refractivity contribution in [2.45, 2.75) is 34.3 Å². The molecule has 7 heteroatoms. The number of ether oxygens (including phenoxy) is 2. The molecule has 0 bridgehead atoms. The molecule has 5 nitrogen and oxygen atoms in total. The molecule has 0 radical (unpaired) electrons. The Balaban J connectivity index is 1.85. The van der Waals surface area contributed by atoms with Crippen LogP contribution in [-0.4, -0.2) is 12.5 Å². The topological polar surface area (TPSA) is 71.3 Å². The average Bonchev–Trinajstić information content (AvgIpc) is 2.81. The first-order valence-corrected chi connectivity index (χ1v) is 11.8. The molecule has 0 saturated heterocycles. The van der Waals surface area contributed by atoms with Crippen molar-refractivity contribution in [3.63, 3.8) is 0 Å². The maximum absolute atomic E-state index is 12.7. The van der Waals surface area contributed by atoms with Gasteiger partial charge in [-0.2, -0.15) is 5.26 Å². The van der Waals surface area contributed by atoms with Crippen molar-refractivity contribution < 1.29 is 14.3 Å². The molecule has 0 atom stereocenters. The molecule has 0 unspecified atom stereocenters. The second-order valence-corrected chi connectivity index (χ2v) is 8.87. The highest BCUT2D eigenvalue weighted by Crippen LogP contribution is 2.38. The van der Waals surface area contributed by atoms with Crippen LogP contribution in [0.2, 0.25) is 10.0 Å². The molecule has 1 N–H and O–H groups in total. The number of hydrogen-bond donors (Lipinski definition) is 1. The van der Waals surface area contributed by atoms with Gasteiger partial charge >= 0.3 is 0 Å². The van der Waals surface area contributed by atoms with Crippen LogP contribution in [0.5, 0.6) is 11.5 Å². The van der Waals surface area contributed by atoms with Crippen LogP contribution in [0, 0.1) is 32.1 Å². The van der Waals surface area contributed by atoms with E-state index >= 15 is 0 Å². The maximum Gasteiger partial charge on any atom is 0.266 e. The summed E-state index contributed by atoms with van der Waals surface area (Å²) in [4.78, 5) is 12.7. The smallest absolute Gasteiger partial charge is 0.266 e. The molecule has 0 aliphatic heterocycles. The number of benzene rings is 3. The third-order valence-electron chi connectivity index (χ3n) is 5.39. The molecule has 3 aromatic rings. The van der Waals surface area contributed by atoms with E-state index in [2.05, 4.69) is 25.2 Å². The summed E-state index contributed by atoms with van der Waals surface area (Å²) in [6.07, 6.45) is 1.45. The van der Waals surface area contributed by atoms with Crippen molar-refractivity contribution >= 4 is 40.9 Å². The molecule has 0 heterocycles. The van der Waals surface area contributed by atoms with Gasteiger partial charge in [0.25, 0.3) is 5.91 Å². The summed E-state index contributed by atoms with van der Waals surface area (Å²) in [5.41, 5.74) is 5.22. The summed E-state index contributed by atoms with van der Waals surface area (Å²) < 4.78 is 11.7. The molecular formula is C28H26Cl2N2O3. The van der Waals surface area contributed by atoms with Gasteiger partial charge < -0.3 is 14.8 Å². The van der Waals surface area contributed by atoms with Crippen molar-refractivity contribution in [1.29, 1.82) is 5.26 Å². The third-order valence-corrected chi connectivity index (χ3v) is 6.08. The third kappa shape index (κ3) is 6.79. The predicted octanol–water partition coefficient (Wildman–Crippen LogP) is 7.44. The maximum atomic E-state index is 12.7. The molecule has 0 saturated carbocycles. The van der Waals surface area contributed by atoms with Crippen molar-refractivity contribution in [1.82, 2.24) is 0 Å². The average molecular weight is 509 g/mol. The fourth-order valence-corrected chi connectivity index (χ4v) is 3.76. The quantitative estimate of drug-likeness (QED) is 0.253. The fraction of sp³-hybridized carbons (Fsp3) is 0.214. The first kappa shape index (κ1) is 26.2. The zero-order valence-corrected chi connectivity index (χ0v) is 21.6. The van der Waals surface area contributed by atoms with Gasteiger partial charge in [0, 0.05) is 10.7 Å². The fourth-order valence-electron chi connectivity index (χ4n) is 3.31. The van der Waals surface area contributed by atoms with Gasteiger partial charge in [0.15, 0.2) is 11.5 Å². The van der Waals surface area contributed by atoms with E-state index in [0.29, 0.717) is 46.0 Å². The van der Waals surface area contributed by atoms with Crippen molar-refractivity contribution in [3.8, 4) is 17.6 Å². The van der Waals surface area contributed by atoms with E-state index in [-0.39, 0.29) is 5.57 Å². The van der Waals surface area contributed by atoms with Gasteiger partial charge in [-0.15, -0.1) is 0 Å². The highest BCUT2D eigenvalue weighted by Gasteiger charge is 2.15. The van der Waals surface area contributed by atoms with Gasteiger partial charge in [-0.3, -0.25) is 4.79 Å². The van der Waals surface area contributed by atoms with Gasteiger partial charge in [-0.25, -0.2) is 0 Å². The van der Waals surface area contributed by atoms with Crippen LogP contribution in [-0.2, 0) is 11.4 Å². The SMILES string of the molecule is CCOc1cc(/C=C(\C#N)C(=O)Nc2ccc(C)c(Cl)c2)cc(Cl)c1OCc1ccc(C)c(C)c1. The molecule has 35 heavy (non-hydrogen) atoms. The summed E-state index contributed by atoms with van der Waals surface area (Å²) in [6, 6.07) is 16.5. The molecule has 0 aromatic heterocycles. The number of carbonyl (C=O) groups is 1. The van der Waals surface area contributed by atoms with Crippen molar-refractivity contribution in [2.24, 2.45) is 0 Å². The number of nitrogens with zero attached hydrogens (tertiary/aromatic N) is 1. The van der Waals surface area contributed by atoms with Gasteiger partial charge in [-0.05, 0) is 85.9 Å². The summed E-state index contributed by atoms with van der Waals surface area (Å²) in [6.45, 7) is 8.54. The highest BCUT2D eigenvalue weighted by molar-refractivity contribution is 6.32. The minimum absolute atomic E-state index is 0.0935. The molecule has 0 fully saturated rings. The second-order valence-electron chi connectivity index (χ2n) is 8.06. The lowest BCUT2D eigenvalue weighted by atomic mass is 10.1. The van der Waals surface area contributed by atoms with E-state index in [4.69, 9.17) is 32.7 Å². The Morgan fingerprint density at radius 2 is 1.71 bits per heavy atom. The largest absolute Gasteiger partial charge is 0.490 e. The first-order valence-electron chi connectivity index (χ1n) is 11.1. The van der Waals surface area contributed by atoms with Crippen LogP contribution in [0.1, 0.15) is 34.7 Å². The number of anilines is 1. The number of nitriles is 1. The van der Waals surface area contributed by atoms with Crippen LogP contribution in [0.15, 0.2) is 54.1 Å². The van der Waals surface area contributed by atoms with E-state index < -0.39 is 5.91 Å². The predicted molar refractivity (Wildman–Crippen MR) is 141 cm³/mol. The normalized spacial score (nSPS) is 11.1. The van der Waals surface area contributed by atoms with Crippen LogP contribution < -0.4 is 14.8 Å². The number of hydrogen-bond acceptors (Lipinski definition) is 4. The van der Waals surface area contributed by atoms with Gasteiger partial charge in [-0.1, -0.05) is 47.5 Å². The molecule has 3 aromatic carbocycles. The molecule has 0 spiro atoms. The minimum atomic E-state index is -0.559. The van der Waals surface area contributed by atoms with E-state index in [0.717, 1.165) is 11.1 Å². The van der Waals surface area contributed by atoms with E-state index in [1.807, 2.05) is 32.0 Å². The van der Waals surface area contributed by atoms with Crippen molar-refractivity contribution in [2.75, 3.05) is 11.9 Å². The zero-order chi connectivity index (χ0) is 25.5. The zero-order valence-electron chi connectivity index (χ0n) is 20.0. The molecule has 3 rings (SSSR count). The number of aryl methyl sites for hydroxylation is 3. The van der Waals surface area contributed by atoms with Crippen LogP contribution >= 0.6 is 23.2 Å². The first-order chi connectivity index (χ1) is 16.7. The molecule has 0 aliphatic carbocycles. The number of nitrogens with one attached hydrogen (secondary N) is 1. The molecular weight excluding hydrogens is 483 g/mol.